The van der Waals surface area contributed by atoms with Gasteiger partial charge in [0.15, 0.2) is 0 Å². The van der Waals surface area contributed by atoms with Gasteiger partial charge >= 0.3 is 0 Å². The topological polar surface area (TPSA) is 0 Å². The molecule has 0 spiro atoms. The first-order chi connectivity index (χ1) is 15.1. The highest BCUT2D eigenvalue weighted by Crippen LogP contribution is 2.48. The van der Waals surface area contributed by atoms with Crippen LogP contribution in [0.1, 0.15) is 68.9 Å². The van der Waals surface area contributed by atoms with Crippen molar-refractivity contribution in [2.45, 2.75) is 64.2 Å². The van der Waals surface area contributed by atoms with Crippen molar-refractivity contribution in [3.05, 3.63) is 84.0 Å². The highest BCUT2D eigenvalue weighted by Gasteiger charge is 2.35. The maximum atomic E-state index is 15.1. The summed E-state index contributed by atoms with van der Waals surface area (Å²) >= 11 is 0. The summed E-state index contributed by atoms with van der Waals surface area (Å²) in [5.41, 5.74) is 2.74. The molecule has 0 bridgehead atoms. The Bertz CT molecular complexity index is 942. The van der Waals surface area contributed by atoms with Gasteiger partial charge in [-0.1, -0.05) is 42.5 Å². The largest absolute Gasteiger partial charge is 0.206 e. The third-order valence-corrected chi connectivity index (χ3v) is 7.61. The second kappa shape index (κ2) is 9.94. The average Bonchev–Trinajstić information content (AvgIpc) is 2.79. The molecule has 0 radical (unpaired) electrons. The summed E-state index contributed by atoms with van der Waals surface area (Å²) in [6.45, 7) is 5.97. The number of hydrogen-bond acceptors (Lipinski definition) is 0. The fraction of sp³-hybridized carbons (Fsp3) is 0.448. The normalized spacial score (nSPS) is 26.0. The van der Waals surface area contributed by atoms with Gasteiger partial charge in [-0.05, 0) is 105 Å². The van der Waals surface area contributed by atoms with Crippen molar-refractivity contribution in [1.82, 2.24) is 0 Å². The molecule has 0 heterocycles. The van der Waals surface area contributed by atoms with Crippen LogP contribution in [-0.4, -0.2) is 0 Å². The summed E-state index contributed by atoms with van der Waals surface area (Å²) < 4.78 is 29.8. The van der Waals surface area contributed by atoms with E-state index >= 15 is 4.39 Å². The standard InChI is InChI=1S/C29H34F2/c1-3-5-6-7-21-9-14-26(28(30)17-21)27-15-13-25(19-29(27)31)24-12-11-22-16-20(4-2)8-10-23(22)18-24/h3-5,9,13-15,17,19-20,22-24H,2,6-8,10-12,16,18H2,1H3/b5-3+. The minimum Gasteiger partial charge on any atom is -0.206 e. The Hall–Kier alpha value is -2.22. The van der Waals surface area contributed by atoms with E-state index in [-0.39, 0.29) is 11.6 Å². The zero-order chi connectivity index (χ0) is 21.8. The minimum atomic E-state index is -0.343. The number of halogens is 2. The number of benzene rings is 2. The molecule has 2 aromatic rings. The summed E-state index contributed by atoms with van der Waals surface area (Å²) in [5, 5.41) is 0. The third kappa shape index (κ3) is 5.00. The zero-order valence-electron chi connectivity index (χ0n) is 18.6. The van der Waals surface area contributed by atoms with Crippen LogP contribution in [0.4, 0.5) is 8.78 Å². The molecule has 2 heteroatoms. The van der Waals surface area contributed by atoms with E-state index in [1.54, 1.807) is 24.3 Å². The average molecular weight is 421 g/mol. The first-order valence-corrected chi connectivity index (χ1v) is 11.9. The van der Waals surface area contributed by atoms with Crippen molar-refractivity contribution < 1.29 is 8.78 Å². The van der Waals surface area contributed by atoms with Gasteiger partial charge in [-0.15, -0.1) is 6.58 Å². The molecule has 4 rings (SSSR count). The third-order valence-electron chi connectivity index (χ3n) is 7.61. The molecule has 0 N–H and O–H groups in total. The fourth-order valence-electron chi connectivity index (χ4n) is 5.80. The number of rotatable bonds is 6. The van der Waals surface area contributed by atoms with Crippen LogP contribution in [0.2, 0.25) is 0 Å². The summed E-state index contributed by atoms with van der Waals surface area (Å²) in [6, 6.07) is 10.7. The molecular formula is C29H34F2. The van der Waals surface area contributed by atoms with Crippen molar-refractivity contribution >= 4 is 0 Å². The van der Waals surface area contributed by atoms with E-state index < -0.39 is 0 Å². The Morgan fingerprint density at radius 2 is 1.61 bits per heavy atom. The number of aryl methyl sites for hydroxylation is 1. The molecule has 31 heavy (non-hydrogen) atoms. The van der Waals surface area contributed by atoms with E-state index in [1.165, 1.54) is 25.7 Å². The van der Waals surface area contributed by atoms with Gasteiger partial charge in [0.05, 0.1) is 0 Å². The van der Waals surface area contributed by atoms with Crippen LogP contribution in [0.3, 0.4) is 0 Å². The van der Waals surface area contributed by atoms with Crippen LogP contribution in [0.5, 0.6) is 0 Å². The van der Waals surface area contributed by atoms with Gasteiger partial charge in [-0.2, -0.15) is 0 Å². The van der Waals surface area contributed by atoms with E-state index in [0.717, 1.165) is 48.6 Å². The molecule has 4 atom stereocenters. The maximum absolute atomic E-state index is 15.1. The molecule has 0 aliphatic heterocycles. The maximum Gasteiger partial charge on any atom is 0.131 e. The van der Waals surface area contributed by atoms with Crippen molar-refractivity contribution in [3.8, 4) is 11.1 Å². The molecule has 2 aliphatic rings. The Kier molecular flexibility index (Phi) is 7.05. The van der Waals surface area contributed by atoms with Crippen LogP contribution in [0, 0.1) is 29.4 Å². The lowest BCUT2D eigenvalue weighted by Gasteiger charge is -2.41. The van der Waals surface area contributed by atoms with Crippen LogP contribution >= 0.6 is 0 Å². The lowest BCUT2D eigenvalue weighted by molar-refractivity contribution is 0.133. The van der Waals surface area contributed by atoms with Gasteiger partial charge in [0.2, 0.25) is 0 Å². The van der Waals surface area contributed by atoms with Gasteiger partial charge in [0.1, 0.15) is 11.6 Å². The zero-order valence-corrected chi connectivity index (χ0v) is 18.6. The highest BCUT2D eigenvalue weighted by molar-refractivity contribution is 5.65. The molecule has 2 aromatic carbocycles. The molecule has 0 aromatic heterocycles. The molecule has 2 fully saturated rings. The van der Waals surface area contributed by atoms with Crippen molar-refractivity contribution in [2.24, 2.45) is 17.8 Å². The molecule has 0 nitrogen and oxygen atoms in total. The van der Waals surface area contributed by atoms with Crippen LogP contribution in [0.25, 0.3) is 11.1 Å². The van der Waals surface area contributed by atoms with E-state index in [2.05, 4.69) is 18.7 Å². The summed E-state index contributed by atoms with van der Waals surface area (Å²) in [5.74, 6) is 2.00. The molecule has 0 amide bonds. The second-order valence-corrected chi connectivity index (χ2v) is 9.50. The van der Waals surface area contributed by atoms with Gasteiger partial charge in [-0.25, -0.2) is 8.78 Å². The monoisotopic (exact) mass is 420 g/mol. The Labute approximate surface area is 186 Å². The van der Waals surface area contributed by atoms with E-state index in [0.29, 0.717) is 23.0 Å². The fourth-order valence-corrected chi connectivity index (χ4v) is 5.80. The van der Waals surface area contributed by atoms with Gasteiger partial charge in [0, 0.05) is 11.1 Å². The second-order valence-electron chi connectivity index (χ2n) is 9.50. The Morgan fingerprint density at radius 3 is 2.32 bits per heavy atom. The summed E-state index contributed by atoms with van der Waals surface area (Å²) in [7, 11) is 0. The van der Waals surface area contributed by atoms with E-state index in [9.17, 15) is 4.39 Å². The van der Waals surface area contributed by atoms with Crippen molar-refractivity contribution in [3.63, 3.8) is 0 Å². The minimum absolute atomic E-state index is 0.310. The van der Waals surface area contributed by atoms with E-state index in [1.807, 2.05) is 25.1 Å². The smallest absolute Gasteiger partial charge is 0.131 e. The molecule has 2 saturated carbocycles. The molecule has 0 saturated heterocycles. The Balaban J connectivity index is 1.47. The molecule has 2 aliphatic carbocycles. The quantitative estimate of drug-likeness (QED) is 0.410. The first kappa shape index (κ1) is 22.0. The first-order valence-electron chi connectivity index (χ1n) is 11.9. The van der Waals surface area contributed by atoms with E-state index in [4.69, 9.17) is 0 Å². The number of fused-ring (bicyclic) bond motifs is 1. The van der Waals surface area contributed by atoms with Crippen LogP contribution < -0.4 is 0 Å². The van der Waals surface area contributed by atoms with Crippen LogP contribution in [-0.2, 0) is 6.42 Å². The number of hydrogen-bond donors (Lipinski definition) is 0. The lowest BCUT2D eigenvalue weighted by atomic mass is 9.64. The summed E-state index contributed by atoms with van der Waals surface area (Å²) in [6.07, 6.45) is 15.2. The molecule has 164 valence electrons. The highest BCUT2D eigenvalue weighted by atomic mass is 19.1. The van der Waals surface area contributed by atoms with Crippen molar-refractivity contribution in [1.29, 1.82) is 0 Å². The predicted octanol–water partition coefficient (Wildman–Crippen LogP) is 8.63. The van der Waals surface area contributed by atoms with Crippen molar-refractivity contribution in [2.75, 3.05) is 0 Å². The molecular weight excluding hydrogens is 386 g/mol. The SMILES string of the molecule is C=CC1CCC2CC(c3ccc(-c4ccc(CC/C=C/C)cc4F)c(F)c3)CCC2C1. The van der Waals surface area contributed by atoms with Gasteiger partial charge in [-0.3, -0.25) is 0 Å². The Morgan fingerprint density at radius 1 is 0.903 bits per heavy atom. The molecule has 4 unspecified atom stereocenters. The lowest BCUT2D eigenvalue weighted by Crippen LogP contribution is -2.30. The van der Waals surface area contributed by atoms with Crippen LogP contribution in [0.15, 0.2) is 61.2 Å². The predicted molar refractivity (Wildman–Crippen MR) is 126 cm³/mol. The van der Waals surface area contributed by atoms with Gasteiger partial charge in [0.25, 0.3) is 0 Å². The number of allylic oxidation sites excluding steroid dienone is 3. The van der Waals surface area contributed by atoms with Gasteiger partial charge < -0.3 is 0 Å². The summed E-state index contributed by atoms with van der Waals surface area (Å²) in [4.78, 5) is 0.